The summed E-state index contributed by atoms with van der Waals surface area (Å²) in [5, 5.41) is 6.61. The van der Waals surface area contributed by atoms with E-state index < -0.39 is 0 Å². The van der Waals surface area contributed by atoms with Crippen molar-refractivity contribution in [2.45, 2.75) is 57.4 Å². The molecule has 0 saturated heterocycles. The minimum Gasteiger partial charge on any atom is -0.497 e. The van der Waals surface area contributed by atoms with Gasteiger partial charge in [0.15, 0.2) is 0 Å². The lowest BCUT2D eigenvalue weighted by Crippen LogP contribution is -2.38. The number of halogens is 1. The molecule has 0 aliphatic heterocycles. The molecule has 136 valence electrons. The van der Waals surface area contributed by atoms with E-state index in [1.54, 1.807) is 7.11 Å². The normalized spacial score (nSPS) is 16.6. The first-order valence-corrected chi connectivity index (χ1v) is 8.85. The molecule has 1 amide bonds. The number of carbonyl (C=O) groups excluding carboxylic acids is 1. The lowest BCUT2D eigenvalue weighted by molar-refractivity contribution is -0.122. The Morgan fingerprint density at radius 3 is 2.58 bits per heavy atom. The van der Waals surface area contributed by atoms with Gasteiger partial charge in [0, 0.05) is 19.1 Å². The van der Waals surface area contributed by atoms with Crippen molar-refractivity contribution in [2.75, 3.05) is 20.2 Å². The Kier molecular flexibility index (Phi) is 9.80. The maximum Gasteiger partial charge on any atom is 0.227 e. The van der Waals surface area contributed by atoms with Crippen LogP contribution in [0.4, 0.5) is 0 Å². The van der Waals surface area contributed by atoms with Gasteiger partial charge in [0.25, 0.3) is 0 Å². The third-order valence-corrected chi connectivity index (χ3v) is 4.70. The molecule has 1 atom stereocenters. The Labute approximate surface area is 152 Å². The lowest BCUT2D eigenvalue weighted by Gasteiger charge is -2.17. The van der Waals surface area contributed by atoms with Gasteiger partial charge in [0.1, 0.15) is 5.75 Å². The van der Waals surface area contributed by atoms with Gasteiger partial charge in [0.05, 0.1) is 13.0 Å². The van der Waals surface area contributed by atoms with Crippen LogP contribution in [0.3, 0.4) is 0 Å². The number of hydrogen-bond donors (Lipinski definition) is 2. The molecule has 0 bridgehead atoms. The van der Waals surface area contributed by atoms with Crippen molar-refractivity contribution < 1.29 is 9.53 Å². The van der Waals surface area contributed by atoms with Crippen molar-refractivity contribution >= 4 is 18.3 Å². The topological polar surface area (TPSA) is 50.4 Å². The highest BCUT2D eigenvalue weighted by Gasteiger charge is 2.16. The smallest absolute Gasteiger partial charge is 0.227 e. The number of hydrogen-bond acceptors (Lipinski definition) is 3. The van der Waals surface area contributed by atoms with E-state index in [1.807, 2.05) is 31.2 Å². The van der Waals surface area contributed by atoms with Crippen LogP contribution in [0, 0.1) is 0 Å². The Morgan fingerprint density at radius 1 is 1.21 bits per heavy atom. The fourth-order valence-electron chi connectivity index (χ4n) is 3.16. The summed E-state index contributed by atoms with van der Waals surface area (Å²) in [6.45, 7) is 3.47. The number of methoxy groups -OCH3 is 1. The summed E-state index contributed by atoms with van der Waals surface area (Å²) in [5.74, 6) is 0.695. The van der Waals surface area contributed by atoms with Gasteiger partial charge < -0.3 is 15.4 Å². The van der Waals surface area contributed by atoms with Crippen LogP contribution < -0.4 is 15.4 Å². The van der Waals surface area contributed by atoms with Gasteiger partial charge in [-0.25, -0.2) is 0 Å². The third-order valence-electron chi connectivity index (χ3n) is 4.70. The van der Waals surface area contributed by atoms with Crippen molar-refractivity contribution in [3.63, 3.8) is 0 Å². The zero-order valence-electron chi connectivity index (χ0n) is 14.8. The maximum atomic E-state index is 12.3. The van der Waals surface area contributed by atoms with E-state index in [1.165, 1.54) is 38.5 Å². The second-order valence-electron chi connectivity index (χ2n) is 6.43. The highest BCUT2D eigenvalue weighted by atomic mass is 35.5. The van der Waals surface area contributed by atoms with Crippen molar-refractivity contribution in [1.29, 1.82) is 0 Å². The van der Waals surface area contributed by atoms with Crippen molar-refractivity contribution in [3.8, 4) is 5.75 Å². The van der Waals surface area contributed by atoms with Crippen LogP contribution in [-0.2, 0) is 4.79 Å². The molecule has 0 aromatic heterocycles. The predicted molar refractivity (Wildman–Crippen MR) is 101 cm³/mol. The lowest BCUT2D eigenvalue weighted by atomic mass is 10.0. The van der Waals surface area contributed by atoms with Crippen LogP contribution in [0.15, 0.2) is 24.3 Å². The van der Waals surface area contributed by atoms with Crippen LogP contribution in [-0.4, -0.2) is 32.1 Å². The molecule has 0 radical (unpaired) electrons. The van der Waals surface area contributed by atoms with E-state index in [-0.39, 0.29) is 24.2 Å². The summed E-state index contributed by atoms with van der Waals surface area (Å²) >= 11 is 0. The summed E-state index contributed by atoms with van der Waals surface area (Å²) < 4.78 is 5.22. The zero-order chi connectivity index (χ0) is 16.5. The van der Waals surface area contributed by atoms with Crippen molar-refractivity contribution in [2.24, 2.45) is 0 Å². The highest BCUT2D eigenvalue weighted by molar-refractivity contribution is 5.85. The monoisotopic (exact) mass is 354 g/mol. The largest absolute Gasteiger partial charge is 0.497 e. The van der Waals surface area contributed by atoms with Gasteiger partial charge >= 0.3 is 0 Å². The first-order chi connectivity index (χ1) is 11.2. The first kappa shape index (κ1) is 20.8. The predicted octanol–water partition coefficient (Wildman–Crippen LogP) is 3.65. The van der Waals surface area contributed by atoms with Crippen molar-refractivity contribution in [1.82, 2.24) is 10.6 Å². The number of benzene rings is 1. The Balaban J connectivity index is 0.00000288. The maximum absolute atomic E-state index is 12.3. The number of rotatable bonds is 7. The fraction of sp³-hybridized carbons (Fsp3) is 0.632. The fourth-order valence-corrected chi connectivity index (χ4v) is 3.16. The SMILES string of the molecule is COc1cccc(C(C)C(=O)NCCNC2CCCCCC2)c1.Cl. The van der Waals surface area contributed by atoms with E-state index >= 15 is 0 Å². The van der Waals surface area contributed by atoms with Gasteiger partial charge in [-0.05, 0) is 37.5 Å². The van der Waals surface area contributed by atoms with Gasteiger partial charge in [-0.1, -0.05) is 37.8 Å². The Morgan fingerprint density at radius 2 is 1.92 bits per heavy atom. The molecule has 1 aromatic carbocycles. The van der Waals surface area contributed by atoms with Gasteiger partial charge in [0.2, 0.25) is 5.91 Å². The Hall–Kier alpha value is -1.26. The average Bonchev–Trinajstić information content (AvgIpc) is 2.86. The van der Waals surface area contributed by atoms with E-state index in [0.29, 0.717) is 12.6 Å². The second-order valence-corrected chi connectivity index (χ2v) is 6.43. The molecular weight excluding hydrogens is 324 g/mol. The van der Waals surface area contributed by atoms with Gasteiger partial charge in [-0.2, -0.15) is 0 Å². The van der Waals surface area contributed by atoms with Gasteiger partial charge in [-0.15, -0.1) is 12.4 Å². The molecule has 0 heterocycles. The van der Waals surface area contributed by atoms with Crippen LogP contribution >= 0.6 is 12.4 Å². The molecule has 4 nitrogen and oxygen atoms in total. The summed E-state index contributed by atoms with van der Waals surface area (Å²) in [7, 11) is 1.64. The van der Waals surface area contributed by atoms with Crippen LogP contribution in [0.2, 0.25) is 0 Å². The molecular formula is C19H31ClN2O2. The number of ether oxygens (including phenoxy) is 1. The van der Waals surface area contributed by atoms with E-state index in [2.05, 4.69) is 10.6 Å². The zero-order valence-corrected chi connectivity index (χ0v) is 15.7. The summed E-state index contributed by atoms with van der Waals surface area (Å²) in [6, 6.07) is 8.34. The molecule has 1 aliphatic carbocycles. The van der Waals surface area contributed by atoms with Crippen LogP contribution in [0.25, 0.3) is 0 Å². The number of carbonyl (C=O) groups is 1. The molecule has 2 N–H and O–H groups in total. The molecule has 0 spiro atoms. The molecule has 1 fully saturated rings. The number of amides is 1. The summed E-state index contributed by atoms with van der Waals surface area (Å²) in [5.41, 5.74) is 0.985. The third kappa shape index (κ3) is 6.70. The van der Waals surface area contributed by atoms with Crippen LogP contribution in [0.5, 0.6) is 5.75 Å². The first-order valence-electron chi connectivity index (χ1n) is 8.85. The quantitative estimate of drug-likeness (QED) is 0.580. The standard InChI is InChI=1S/C19H30N2O2.ClH/c1-15(16-8-7-11-18(14-16)23-2)19(22)21-13-12-20-17-9-5-3-4-6-10-17;/h7-8,11,14-15,17,20H,3-6,9-10,12-13H2,1-2H3,(H,21,22);1H. The van der Waals surface area contributed by atoms with Gasteiger partial charge in [-0.3, -0.25) is 4.79 Å². The van der Waals surface area contributed by atoms with E-state index in [4.69, 9.17) is 4.74 Å². The molecule has 1 aromatic rings. The highest BCUT2D eigenvalue weighted by Crippen LogP contribution is 2.20. The average molecular weight is 355 g/mol. The Bertz CT molecular complexity index is 488. The number of nitrogens with one attached hydrogen (secondary N) is 2. The molecule has 1 unspecified atom stereocenters. The second kappa shape index (κ2) is 11.3. The van der Waals surface area contributed by atoms with Crippen molar-refractivity contribution in [3.05, 3.63) is 29.8 Å². The summed E-state index contributed by atoms with van der Waals surface area (Å²) in [4.78, 5) is 12.3. The minimum atomic E-state index is -0.164. The summed E-state index contributed by atoms with van der Waals surface area (Å²) in [6.07, 6.45) is 7.94. The van der Waals surface area contributed by atoms with E-state index in [0.717, 1.165) is 17.9 Å². The molecule has 1 saturated carbocycles. The van der Waals surface area contributed by atoms with Crippen LogP contribution in [0.1, 0.15) is 56.9 Å². The molecule has 24 heavy (non-hydrogen) atoms. The molecule has 1 aliphatic rings. The molecule has 5 heteroatoms. The molecule has 2 rings (SSSR count). The van der Waals surface area contributed by atoms with E-state index in [9.17, 15) is 4.79 Å². The minimum absolute atomic E-state index is 0.